The van der Waals surface area contributed by atoms with E-state index >= 15 is 0 Å². The molecule has 0 N–H and O–H groups in total. The molecule has 0 aliphatic rings. The zero-order chi connectivity index (χ0) is 12.3. The maximum atomic E-state index is 11.5. The van der Waals surface area contributed by atoms with Gasteiger partial charge in [0.1, 0.15) is 4.90 Å². The molecule has 0 fully saturated rings. The standard InChI is InChI=1S/C7H6Cl2O5PS/c1-15(10)13-14-16(11,12)7-5(8)3-2-4-6(7)9/h2-4H,1H3/q+1. The highest BCUT2D eigenvalue weighted by Crippen LogP contribution is 2.31. The molecular weight excluding hydrogens is 298 g/mol. The van der Waals surface area contributed by atoms with E-state index in [9.17, 15) is 13.0 Å². The molecule has 0 aliphatic heterocycles. The van der Waals surface area contributed by atoms with Crippen LogP contribution in [-0.2, 0) is 23.7 Å². The summed E-state index contributed by atoms with van der Waals surface area (Å²) in [6.45, 7) is 1.14. The molecule has 0 saturated carbocycles. The first kappa shape index (κ1) is 13.8. The molecule has 0 radical (unpaired) electrons. The highest BCUT2D eigenvalue weighted by Gasteiger charge is 2.27. The Bertz CT molecular complexity index is 495. The molecule has 1 aromatic carbocycles. The van der Waals surface area contributed by atoms with Crippen LogP contribution in [0.5, 0.6) is 0 Å². The molecule has 0 aliphatic carbocycles. The van der Waals surface area contributed by atoms with E-state index in [1.165, 1.54) is 18.2 Å². The Balaban J connectivity index is 3.12. The van der Waals surface area contributed by atoms with Gasteiger partial charge in [0.15, 0.2) is 6.66 Å². The van der Waals surface area contributed by atoms with Crippen LogP contribution in [-0.4, -0.2) is 15.1 Å². The van der Waals surface area contributed by atoms with Crippen molar-refractivity contribution in [2.75, 3.05) is 6.66 Å². The first-order valence-corrected chi connectivity index (χ1v) is 7.59. The molecule has 0 bridgehead atoms. The van der Waals surface area contributed by atoms with Gasteiger partial charge in [-0.05, 0) is 16.7 Å². The van der Waals surface area contributed by atoms with E-state index in [1.54, 1.807) is 0 Å². The molecule has 0 amide bonds. The van der Waals surface area contributed by atoms with Crippen LogP contribution in [0.15, 0.2) is 23.1 Å². The van der Waals surface area contributed by atoms with Crippen molar-refractivity contribution in [3.05, 3.63) is 28.2 Å². The van der Waals surface area contributed by atoms with Crippen LogP contribution in [0.3, 0.4) is 0 Å². The third-order valence-corrected chi connectivity index (χ3v) is 3.82. The summed E-state index contributed by atoms with van der Waals surface area (Å²) in [5, 5.41) is -0.218. The Kier molecular flexibility index (Phi) is 4.67. The monoisotopic (exact) mass is 303 g/mol. The highest BCUT2D eigenvalue weighted by atomic mass is 35.5. The average molecular weight is 304 g/mol. The van der Waals surface area contributed by atoms with Crippen LogP contribution < -0.4 is 0 Å². The normalized spacial score (nSPS) is 12.6. The highest BCUT2D eigenvalue weighted by molar-refractivity contribution is 7.87. The van der Waals surface area contributed by atoms with Gasteiger partial charge < -0.3 is 0 Å². The van der Waals surface area contributed by atoms with Gasteiger partial charge >= 0.3 is 18.1 Å². The molecule has 16 heavy (non-hydrogen) atoms. The minimum absolute atomic E-state index is 0.109. The van der Waals surface area contributed by atoms with Crippen molar-refractivity contribution < 1.29 is 22.0 Å². The third kappa shape index (κ3) is 3.38. The summed E-state index contributed by atoms with van der Waals surface area (Å²) in [6, 6.07) is 4.14. The van der Waals surface area contributed by atoms with Crippen molar-refractivity contribution in [1.29, 1.82) is 0 Å². The van der Waals surface area contributed by atoms with Gasteiger partial charge in [-0.25, -0.2) is 0 Å². The summed E-state index contributed by atoms with van der Waals surface area (Å²) in [5.41, 5.74) is 0. The molecule has 0 spiro atoms. The summed E-state index contributed by atoms with van der Waals surface area (Å²) in [7, 11) is -6.50. The number of benzene rings is 1. The van der Waals surface area contributed by atoms with Gasteiger partial charge in [-0.2, -0.15) is 8.42 Å². The minimum Gasteiger partial charge on any atom is -0.191 e. The summed E-state index contributed by atoms with van der Waals surface area (Å²) >= 11 is 11.3. The molecule has 1 unspecified atom stereocenters. The lowest BCUT2D eigenvalue weighted by Crippen LogP contribution is -2.06. The molecule has 88 valence electrons. The SMILES string of the molecule is C[P+](=O)OOS(=O)(=O)c1c(Cl)cccc1Cl. The van der Waals surface area contributed by atoms with Crippen molar-refractivity contribution in [3.8, 4) is 0 Å². The number of halogens is 2. The lowest BCUT2D eigenvalue weighted by molar-refractivity contribution is -0.0833. The predicted octanol–water partition coefficient (Wildman–Crippen LogP) is 3.00. The van der Waals surface area contributed by atoms with Gasteiger partial charge in [-0.15, -0.1) is 0 Å². The lowest BCUT2D eigenvalue weighted by atomic mass is 10.4. The number of rotatable bonds is 4. The zero-order valence-electron chi connectivity index (χ0n) is 7.88. The van der Waals surface area contributed by atoms with Crippen LogP contribution in [0, 0.1) is 0 Å². The van der Waals surface area contributed by atoms with E-state index in [-0.39, 0.29) is 10.0 Å². The summed E-state index contributed by atoms with van der Waals surface area (Å²) in [5.74, 6) is 0. The number of hydrogen-bond donors (Lipinski definition) is 0. The van der Waals surface area contributed by atoms with Gasteiger partial charge in [-0.3, -0.25) is 0 Å². The van der Waals surface area contributed by atoms with E-state index in [0.717, 1.165) is 6.66 Å². The predicted molar refractivity (Wildman–Crippen MR) is 59.3 cm³/mol. The topological polar surface area (TPSA) is 69.7 Å². The van der Waals surface area contributed by atoms with E-state index in [0.29, 0.717) is 0 Å². The molecule has 0 heterocycles. The van der Waals surface area contributed by atoms with Crippen LogP contribution in [0.1, 0.15) is 0 Å². The average Bonchev–Trinajstić information content (AvgIpc) is 2.14. The molecular formula is C7H6Cl2O5PS+. The summed E-state index contributed by atoms with van der Waals surface area (Å²) in [6.07, 6.45) is 0. The largest absolute Gasteiger partial charge is 0.537 e. The lowest BCUT2D eigenvalue weighted by Gasteiger charge is -2.03. The molecule has 1 rings (SSSR count). The zero-order valence-corrected chi connectivity index (χ0v) is 11.1. The van der Waals surface area contributed by atoms with Crippen molar-refractivity contribution in [2.24, 2.45) is 0 Å². The number of hydrogen-bond acceptors (Lipinski definition) is 5. The maximum absolute atomic E-state index is 11.5. The Morgan fingerprint density at radius 3 is 2.19 bits per heavy atom. The van der Waals surface area contributed by atoms with Crippen LogP contribution in [0.25, 0.3) is 0 Å². The second kappa shape index (κ2) is 5.40. The fourth-order valence-corrected chi connectivity index (χ4v) is 3.15. The van der Waals surface area contributed by atoms with Crippen LogP contribution >= 0.6 is 31.2 Å². The first-order valence-electron chi connectivity index (χ1n) is 3.81. The maximum Gasteiger partial charge on any atom is 0.537 e. The van der Waals surface area contributed by atoms with Gasteiger partial charge in [0.2, 0.25) is 0 Å². The van der Waals surface area contributed by atoms with Crippen LogP contribution in [0.4, 0.5) is 0 Å². The van der Waals surface area contributed by atoms with E-state index in [4.69, 9.17) is 23.2 Å². The van der Waals surface area contributed by atoms with Gasteiger partial charge in [0.25, 0.3) is 0 Å². The van der Waals surface area contributed by atoms with Gasteiger partial charge in [0, 0.05) is 4.67 Å². The molecule has 9 heteroatoms. The fourth-order valence-electron chi connectivity index (χ4n) is 0.838. The molecule has 0 aromatic heterocycles. The van der Waals surface area contributed by atoms with Gasteiger partial charge in [0.05, 0.1) is 10.0 Å². The van der Waals surface area contributed by atoms with Crippen molar-refractivity contribution >= 4 is 41.3 Å². The smallest absolute Gasteiger partial charge is 0.191 e. The van der Waals surface area contributed by atoms with Gasteiger partial charge in [-0.1, -0.05) is 33.6 Å². The third-order valence-electron chi connectivity index (χ3n) is 1.39. The first-order chi connectivity index (χ1) is 7.34. The fraction of sp³-hybridized carbons (Fsp3) is 0.143. The van der Waals surface area contributed by atoms with Crippen molar-refractivity contribution in [2.45, 2.75) is 4.90 Å². The second-order valence-electron chi connectivity index (χ2n) is 2.59. The minimum atomic E-state index is -4.29. The van der Waals surface area contributed by atoms with Crippen LogP contribution in [0.2, 0.25) is 10.0 Å². The molecule has 1 atom stereocenters. The van der Waals surface area contributed by atoms with E-state index in [2.05, 4.69) is 9.01 Å². The van der Waals surface area contributed by atoms with E-state index < -0.39 is 23.0 Å². The Hall–Kier alpha value is -0.230. The Morgan fingerprint density at radius 2 is 1.75 bits per heavy atom. The van der Waals surface area contributed by atoms with Crippen molar-refractivity contribution in [3.63, 3.8) is 0 Å². The Morgan fingerprint density at radius 1 is 1.25 bits per heavy atom. The molecule has 1 aromatic rings. The molecule has 0 saturated heterocycles. The second-order valence-corrected chi connectivity index (χ2v) is 5.88. The molecule has 5 nitrogen and oxygen atoms in total. The van der Waals surface area contributed by atoms with E-state index in [1.807, 2.05) is 0 Å². The van der Waals surface area contributed by atoms with Crippen molar-refractivity contribution in [1.82, 2.24) is 0 Å². The summed E-state index contributed by atoms with van der Waals surface area (Å²) < 4.78 is 41.8. The quantitative estimate of drug-likeness (QED) is 0.486. The summed E-state index contributed by atoms with van der Waals surface area (Å²) in [4.78, 5) is -0.421. The Labute approximate surface area is 103 Å².